The van der Waals surface area contributed by atoms with E-state index in [0.29, 0.717) is 34.4 Å². The number of hydrogen-bond donors (Lipinski definition) is 0. The molecule has 19 atom stereocenters. The molecule has 0 amide bonds. The monoisotopic (exact) mass is 877 g/mol. The van der Waals surface area contributed by atoms with E-state index in [4.69, 9.17) is 44.4 Å². The molecule has 1 aromatic carbocycles. The lowest BCUT2D eigenvalue weighted by Gasteiger charge is -2.57. The number of thioether (sulfide) groups is 1. The molecule has 6 heterocycles. The van der Waals surface area contributed by atoms with Gasteiger partial charge in [-0.15, -0.1) is 23.4 Å². The van der Waals surface area contributed by atoms with Gasteiger partial charge in [0.05, 0.1) is 71.9 Å². The molecule has 336 valence electrons. The maximum absolute atomic E-state index is 7.84. The number of ether oxygens (including phenoxy) is 6. The van der Waals surface area contributed by atoms with Crippen molar-refractivity contribution < 1.29 is 32.8 Å². The molecular formula is C49H81ClO7SSi. The van der Waals surface area contributed by atoms with Gasteiger partial charge >= 0.3 is 0 Å². The van der Waals surface area contributed by atoms with Crippen LogP contribution < -0.4 is 0 Å². The lowest BCUT2D eigenvalue weighted by molar-refractivity contribution is -0.335. The van der Waals surface area contributed by atoms with Crippen LogP contribution in [0.2, 0.25) is 16.6 Å². The van der Waals surface area contributed by atoms with E-state index >= 15 is 0 Å². The van der Waals surface area contributed by atoms with Gasteiger partial charge in [0, 0.05) is 30.1 Å². The van der Waals surface area contributed by atoms with Crippen molar-refractivity contribution in [1.29, 1.82) is 0 Å². The first-order valence-electron chi connectivity index (χ1n) is 23.8. The Morgan fingerprint density at radius 1 is 0.695 bits per heavy atom. The molecule has 1 spiro atoms. The summed E-state index contributed by atoms with van der Waals surface area (Å²) in [5, 5.41) is 0. The van der Waals surface area contributed by atoms with Crippen LogP contribution in [0.15, 0.2) is 35.2 Å². The minimum absolute atomic E-state index is 0.00211. The van der Waals surface area contributed by atoms with Gasteiger partial charge in [-0.2, -0.15) is 0 Å². The number of alkyl halides is 1. The molecule has 6 aliphatic rings. The standard InChI is InChI=1S/C49H81ClO7SSi/c1-27(2)59(28(3)4,29(5)6)57-43-24-40-41(55-48(43,14)32(9)22-44(50)58-37-18-16-15-17-19-37)21-30(7)20-38-39(52-40)23-42-45(53-38)33(10)34(11)47-46(54-42)35(12)36(13)49(56-47)25-31(8)26-51-49/h15-19,27-36,38-47H,20-26H2,1-14H3/t30-,31+,32?,33+,34+,35+,36+,38+,39-,40+,41-,42+,43-,44?,45-,46-,47+,48+,49-/m1/s1. The van der Waals surface area contributed by atoms with Crippen molar-refractivity contribution >= 4 is 31.7 Å². The molecule has 10 heteroatoms. The Hall–Kier alpha value is -0.203. The number of halogens is 1. The van der Waals surface area contributed by atoms with Crippen LogP contribution in [-0.4, -0.2) is 86.0 Å². The third-order valence-corrected chi connectivity index (χ3v) is 24.3. The highest BCUT2D eigenvalue weighted by Gasteiger charge is 2.61. The number of fused-ring (bicyclic) bond motifs is 4. The fourth-order valence-electron chi connectivity index (χ4n) is 12.9. The van der Waals surface area contributed by atoms with Crippen LogP contribution in [0.1, 0.15) is 135 Å². The lowest BCUT2D eigenvalue weighted by Crippen LogP contribution is -2.65. The van der Waals surface area contributed by atoms with Crippen molar-refractivity contribution in [2.45, 2.75) is 228 Å². The van der Waals surface area contributed by atoms with Gasteiger partial charge in [-0.3, -0.25) is 0 Å². The normalized spacial score (nSPS) is 45.2. The first kappa shape index (κ1) is 46.8. The molecule has 6 fully saturated rings. The van der Waals surface area contributed by atoms with Crippen LogP contribution >= 0.6 is 23.4 Å². The molecule has 0 bridgehead atoms. The predicted octanol–water partition coefficient (Wildman–Crippen LogP) is 12.3. The molecule has 2 unspecified atom stereocenters. The number of rotatable bonds is 10. The molecule has 0 radical (unpaired) electrons. The fraction of sp³-hybridized carbons (Fsp3) is 0.878. The van der Waals surface area contributed by atoms with Gasteiger partial charge in [-0.25, -0.2) is 0 Å². The van der Waals surface area contributed by atoms with Crippen LogP contribution in [0.5, 0.6) is 0 Å². The summed E-state index contributed by atoms with van der Waals surface area (Å²) in [7, 11) is -2.30. The lowest BCUT2D eigenvalue weighted by atomic mass is 9.73. The van der Waals surface area contributed by atoms with Crippen LogP contribution in [0.4, 0.5) is 0 Å². The molecule has 59 heavy (non-hydrogen) atoms. The molecule has 7 rings (SSSR count). The molecule has 0 aliphatic carbocycles. The third kappa shape index (κ3) is 8.95. The second kappa shape index (κ2) is 18.4. The summed E-state index contributed by atoms with van der Waals surface area (Å²) < 4.78 is 51.1. The molecule has 1 aromatic rings. The van der Waals surface area contributed by atoms with E-state index in [1.165, 1.54) is 4.90 Å². The molecule has 7 nitrogen and oxygen atoms in total. The zero-order valence-corrected chi connectivity index (χ0v) is 41.6. The van der Waals surface area contributed by atoms with Gasteiger partial charge in [-0.1, -0.05) is 108 Å². The van der Waals surface area contributed by atoms with E-state index in [9.17, 15) is 0 Å². The Bertz CT molecular complexity index is 1510. The summed E-state index contributed by atoms with van der Waals surface area (Å²) in [4.78, 5) is 1.19. The van der Waals surface area contributed by atoms with Gasteiger partial charge in [0.2, 0.25) is 8.32 Å². The molecule has 6 aliphatic heterocycles. The molecule has 0 N–H and O–H groups in total. The predicted molar refractivity (Wildman–Crippen MR) is 243 cm³/mol. The number of benzene rings is 1. The zero-order chi connectivity index (χ0) is 42.8. The van der Waals surface area contributed by atoms with E-state index in [0.717, 1.165) is 45.1 Å². The Balaban J connectivity index is 1.16. The fourth-order valence-corrected chi connectivity index (χ4v) is 20.1. The minimum Gasteiger partial charge on any atom is -0.410 e. The van der Waals surface area contributed by atoms with Gasteiger partial charge in [0.25, 0.3) is 0 Å². The summed E-state index contributed by atoms with van der Waals surface area (Å²) in [6.45, 7) is 33.8. The Kier molecular flexibility index (Phi) is 14.5. The van der Waals surface area contributed by atoms with E-state index in [1.807, 2.05) is 0 Å². The zero-order valence-electron chi connectivity index (χ0n) is 39.0. The van der Waals surface area contributed by atoms with Crippen LogP contribution in [0, 0.1) is 41.4 Å². The Labute approximate surface area is 369 Å². The first-order chi connectivity index (χ1) is 27.8. The van der Waals surface area contributed by atoms with Gasteiger partial charge in [0.15, 0.2) is 5.79 Å². The van der Waals surface area contributed by atoms with Crippen molar-refractivity contribution in [1.82, 2.24) is 0 Å². The van der Waals surface area contributed by atoms with Gasteiger partial charge in [0.1, 0.15) is 0 Å². The van der Waals surface area contributed by atoms with Gasteiger partial charge < -0.3 is 32.8 Å². The van der Waals surface area contributed by atoms with E-state index in [2.05, 4.69) is 127 Å². The van der Waals surface area contributed by atoms with E-state index in [1.54, 1.807) is 11.8 Å². The van der Waals surface area contributed by atoms with Gasteiger partial charge in [-0.05, 0) is 90.4 Å². The Morgan fingerprint density at radius 2 is 1.29 bits per heavy atom. The second-order valence-corrected chi connectivity index (χ2v) is 29.1. The third-order valence-electron chi connectivity index (χ3n) is 16.8. The minimum atomic E-state index is -2.30. The average molecular weight is 878 g/mol. The highest BCUT2D eigenvalue weighted by molar-refractivity contribution is 8.01. The van der Waals surface area contributed by atoms with Crippen molar-refractivity contribution in [3.8, 4) is 0 Å². The molecular weight excluding hydrogens is 796 g/mol. The average Bonchev–Trinajstić information content (AvgIpc) is 3.51. The summed E-state index contributed by atoms with van der Waals surface area (Å²) in [6.07, 6.45) is 4.76. The smallest absolute Gasteiger partial charge is 0.200 e. The van der Waals surface area contributed by atoms with E-state index < -0.39 is 19.7 Å². The van der Waals surface area contributed by atoms with Crippen molar-refractivity contribution in [2.75, 3.05) is 6.61 Å². The molecule has 0 saturated carbocycles. The largest absolute Gasteiger partial charge is 0.410 e. The molecule has 0 aromatic heterocycles. The second-order valence-electron chi connectivity index (χ2n) is 21.7. The van der Waals surface area contributed by atoms with Crippen LogP contribution in [0.3, 0.4) is 0 Å². The summed E-state index contributed by atoms with van der Waals surface area (Å²) in [6, 6.07) is 10.5. The highest BCUT2D eigenvalue weighted by Crippen LogP contribution is 2.54. The topological polar surface area (TPSA) is 64.6 Å². The van der Waals surface area contributed by atoms with Crippen LogP contribution in [-0.2, 0) is 32.8 Å². The van der Waals surface area contributed by atoms with Crippen LogP contribution in [0.25, 0.3) is 0 Å². The maximum Gasteiger partial charge on any atom is 0.200 e. The summed E-state index contributed by atoms with van der Waals surface area (Å²) in [5.41, 5.74) is 0.825. The van der Waals surface area contributed by atoms with Crippen molar-refractivity contribution in [3.05, 3.63) is 30.3 Å². The van der Waals surface area contributed by atoms with Crippen molar-refractivity contribution in [2.24, 2.45) is 41.4 Å². The van der Waals surface area contributed by atoms with Crippen molar-refractivity contribution in [3.63, 3.8) is 0 Å². The summed E-state index contributed by atoms with van der Waals surface area (Å²) >= 11 is 8.94. The highest BCUT2D eigenvalue weighted by atomic mass is 35.5. The molecule has 6 saturated heterocycles. The Morgan fingerprint density at radius 3 is 1.92 bits per heavy atom. The van der Waals surface area contributed by atoms with E-state index in [-0.39, 0.29) is 83.3 Å². The first-order valence-corrected chi connectivity index (χ1v) is 27.2. The SMILES string of the molecule is CC(CC(Cl)Sc1ccccc1)[C@]1(C)O[C@@H]2C[C@H](C)C[C@@H]3O[C@@H]4[C@@H](C)[C@H](C)[C@@H]5O[C@]6(C[C@H](C)CO6)[C@@H](C)[C@H](C)[C@H]5O[C@H]4C[C@H]3O[C@H]2C[C@H]1O[Si](C(C)C)(C(C)C)C(C)C. The number of hydrogen-bond acceptors (Lipinski definition) is 8. The summed E-state index contributed by atoms with van der Waals surface area (Å²) in [5.74, 6) is 1.61. The quantitative estimate of drug-likeness (QED) is 0.131. The maximum atomic E-state index is 7.84.